The zero-order valence-electron chi connectivity index (χ0n) is 11.9. The molecule has 6 nitrogen and oxygen atoms in total. The number of carbonyl (C=O) groups excluding carboxylic acids is 1. The van der Waals surface area contributed by atoms with Gasteiger partial charge in [-0.15, -0.1) is 0 Å². The predicted octanol–water partition coefficient (Wildman–Crippen LogP) is -0.0756. The van der Waals surface area contributed by atoms with Crippen LogP contribution in [-0.4, -0.2) is 48.6 Å². The molecule has 0 saturated heterocycles. The topological polar surface area (TPSA) is 96.4 Å². The number of hydrogen-bond acceptors (Lipinski definition) is 5. The van der Waals surface area contributed by atoms with Gasteiger partial charge in [0.05, 0.1) is 6.10 Å². The lowest BCUT2D eigenvalue weighted by Crippen LogP contribution is -2.49. The van der Waals surface area contributed by atoms with Crippen LogP contribution in [0.4, 0.5) is 0 Å². The Morgan fingerprint density at radius 2 is 2.19 bits per heavy atom. The summed E-state index contributed by atoms with van der Waals surface area (Å²) in [6.07, 6.45) is 4.17. The minimum atomic E-state index is -3.34. The van der Waals surface area contributed by atoms with Gasteiger partial charge in [0.1, 0.15) is 5.75 Å². The van der Waals surface area contributed by atoms with Gasteiger partial charge in [0.25, 0.3) is 0 Å². The van der Waals surface area contributed by atoms with Crippen molar-refractivity contribution in [2.75, 3.05) is 12.0 Å². The molecule has 1 aromatic heterocycles. The summed E-state index contributed by atoms with van der Waals surface area (Å²) in [6.45, 7) is 0. The molecule has 21 heavy (non-hydrogen) atoms. The number of aliphatic hydroxyl groups is 1. The van der Waals surface area contributed by atoms with E-state index in [2.05, 4.69) is 10.3 Å². The lowest BCUT2D eigenvalue weighted by Gasteiger charge is -2.38. The Balaban J connectivity index is 2.01. The number of amides is 1. The summed E-state index contributed by atoms with van der Waals surface area (Å²) in [5.74, 6) is -0.855. The van der Waals surface area contributed by atoms with Gasteiger partial charge >= 0.3 is 0 Å². The number of nitrogens with one attached hydrogen (secondary N) is 1. The van der Waals surface area contributed by atoms with Crippen molar-refractivity contribution in [2.24, 2.45) is 5.92 Å². The van der Waals surface area contributed by atoms with Crippen molar-refractivity contribution in [2.45, 2.75) is 31.4 Å². The number of aromatic nitrogens is 1. The van der Waals surface area contributed by atoms with E-state index in [0.29, 0.717) is 19.3 Å². The van der Waals surface area contributed by atoms with Gasteiger partial charge in [-0.25, -0.2) is 8.42 Å². The molecule has 1 saturated carbocycles. The molecule has 1 atom stereocenters. The molecule has 0 radical (unpaired) electrons. The fraction of sp³-hybridized carbons (Fsp3) is 0.571. The molecule has 1 heterocycles. The van der Waals surface area contributed by atoms with E-state index in [9.17, 15) is 18.3 Å². The summed E-state index contributed by atoms with van der Waals surface area (Å²) >= 11 is 0. The van der Waals surface area contributed by atoms with Gasteiger partial charge in [0, 0.05) is 30.6 Å². The molecule has 2 rings (SSSR count). The van der Waals surface area contributed by atoms with Crippen molar-refractivity contribution >= 4 is 15.7 Å². The van der Waals surface area contributed by atoms with Crippen molar-refractivity contribution in [1.82, 2.24) is 10.3 Å². The van der Waals surface area contributed by atoms with E-state index in [0.717, 1.165) is 11.9 Å². The molecule has 0 aliphatic heterocycles. The van der Waals surface area contributed by atoms with Gasteiger partial charge in [0.15, 0.2) is 9.84 Å². The molecule has 0 aromatic carbocycles. The third kappa shape index (κ3) is 5.09. The Labute approximate surface area is 124 Å². The van der Waals surface area contributed by atoms with E-state index in [1.54, 1.807) is 6.20 Å². The first-order valence-electron chi connectivity index (χ1n) is 6.88. The Morgan fingerprint density at radius 3 is 2.71 bits per heavy atom. The minimum absolute atomic E-state index is 0.158. The second-order valence-electron chi connectivity index (χ2n) is 5.65. The zero-order valence-corrected chi connectivity index (χ0v) is 12.7. The fourth-order valence-electron chi connectivity index (χ4n) is 2.52. The Bertz CT molecular complexity index is 582. The number of sulfone groups is 1. The molecule has 7 heteroatoms. The summed E-state index contributed by atoms with van der Waals surface area (Å²) in [4.78, 5) is 16.0. The van der Waals surface area contributed by atoms with Crippen LogP contribution in [0.3, 0.4) is 0 Å². The van der Waals surface area contributed by atoms with E-state index in [1.165, 1.54) is 0 Å². The third-order valence-electron chi connectivity index (χ3n) is 3.61. The summed E-state index contributed by atoms with van der Waals surface area (Å²) in [6, 6.07) is 5.35. The average Bonchev–Trinajstić information content (AvgIpc) is 2.33. The van der Waals surface area contributed by atoms with Crippen molar-refractivity contribution in [3.8, 4) is 0 Å². The van der Waals surface area contributed by atoms with Crippen LogP contribution in [0.2, 0.25) is 0 Å². The lowest BCUT2D eigenvalue weighted by molar-refractivity contribution is -0.120. The lowest BCUT2D eigenvalue weighted by atomic mass is 9.76. The monoisotopic (exact) mass is 312 g/mol. The van der Waals surface area contributed by atoms with E-state index >= 15 is 0 Å². The van der Waals surface area contributed by atoms with Crippen molar-refractivity contribution in [1.29, 1.82) is 0 Å². The largest absolute Gasteiger partial charge is 0.393 e. The van der Waals surface area contributed by atoms with Crippen LogP contribution in [0.15, 0.2) is 24.4 Å². The van der Waals surface area contributed by atoms with E-state index in [1.807, 2.05) is 18.2 Å². The van der Waals surface area contributed by atoms with Gasteiger partial charge in [-0.1, -0.05) is 6.07 Å². The standard InChI is InChI=1S/C14H20N2O4S/c1-21(19,20)9-14(18)16-13(10-6-12(17)7-10)8-11-4-2-3-5-15-11/h2-5,10,12-13,17H,6-9H2,1H3,(H,16,18)/t10?,12?,13-/m1/s1. The smallest absolute Gasteiger partial charge is 0.235 e. The minimum Gasteiger partial charge on any atom is -0.393 e. The van der Waals surface area contributed by atoms with E-state index in [-0.39, 0.29) is 18.1 Å². The average molecular weight is 312 g/mol. The molecule has 1 fully saturated rings. The number of aliphatic hydroxyl groups excluding tert-OH is 1. The first-order chi connectivity index (χ1) is 9.83. The second kappa shape index (κ2) is 6.53. The van der Waals surface area contributed by atoms with E-state index < -0.39 is 21.5 Å². The Hall–Kier alpha value is -1.47. The van der Waals surface area contributed by atoms with Crippen LogP contribution in [0, 0.1) is 5.92 Å². The SMILES string of the molecule is CS(=O)(=O)CC(=O)N[C@H](Cc1ccccn1)C1CC(O)C1. The maximum atomic E-state index is 11.8. The highest BCUT2D eigenvalue weighted by Crippen LogP contribution is 2.31. The van der Waals surface area contributed by atoms with Crippen LogP contribution < -0.4 is 5.32 Å². The molecule has 0 bridgehead atoms. The molecule has 2 N–H and O–H groups in total. The maximum absolute atomic E-state index is 11.8. The van der Waals surface area contributed by atoms with Crippen LogP contribution in [0.5, 0.6) is 0 Å². The molecular weight excluding hydrogens is 292 g/mol. The van der Waals surface area contributed by atoms with Gasteiger partial charge < -0.3 is 10.4 Å². The Morgan fingerprint density at radius 1 is 1.48 bits per heavy atom. The summed E-state index contributed by atoms with van der Waals surface area (Å²) in [7, 11) is -3.34. The number of nitrogens with zero attached hydrogens (tertiary/aromatic N) is 1. The first kappa shape index (κ1) is 15.9. The quantitative estimate of drug-likeness (QED) is 0.766. The highest BCUT2D eigenvalue weighted by Gasteiger charge is 2.35. The summed E-state index contributed by atoms with van der Waals surface area (Å²) in [5.41, 5.74) is 0.837. The molecule has 116 valence electrons. The number of pyridine rings is 1. The van der Waals surface area contributed by atoms with Crippen LogP contribution in [0.1, 0.15) is 18.5 Å². The first-order valence-corrected chi connectivity index (χ1v) is 8.94. The van der Waals surface area contributed by atoms with Crippen LogP contribution in [-0.2, 0) is 21.1 Å². The highest BCUT2D eigenvalue weighted by atomic mass is 32.2. The van der Waals surface area contributed by atoms with Gasteiger partial charge in [-0.3, -0.25) is 9.78 Å². The number of rotatable bonds is 6. The third-order valence-corrected chi connectivity index (χ3v) is 4.40. The van der Waals surface area contributed by atoms with Gasteiger partial charge in [-0.05, 0) is 30.9 Å². The summed E-state index contributed by atoms with van der Waals surface area (Å²) < 4.78 is 22.3. The molecule has 1 aliphatic rings. The summed E-state index contributed by atoms with van der Waals surface area (Å²) in [5, 5.41) is 12.2. The molecule has 0 unspecified atom stereocenters. The fourth-order valence-corrected chi connectivity index (χ4v) is 3.08. The molecule has 1 amide bonds. The van der Waals surface area contributed by atoms with Crippen molar-refractivity contribution in [3.63, 3.8) is 0 Å². The van der Waals surface area contributed by atoms with E-state index in [4.69, 9.17) is 0 Å². The normalized spacial score (nSPS) is 23.1. The molecular formula is C14H20N2O4S. The number of carbonyl (C=O) groups is 1. The van der Waals surface area contributed by atoms with Crippen LogP contribution >= 0.6 is 0 Å². The Kier molecular flexibility index (Phi) is 4.95. The molecule has 1 aliphatic carbocycles. The maximum Gasteiger partial charge on any atom is 0.235 e. The van der Waals surface area contributed by atoms with Crippen LogP contribution in [0.25, 0.3) is 0 Å². The number of hydrogen-bond donors (Lipinski definition) is 2. The zero-order chi connectivity index (χ0) is 15.5. The molecule has 0 spiro atoms. The highest BCUT2D eigenvalue weighted by molar-refractivity contribution is 7.91. The molecule has 1 aromatic rings. The van der Waals surface area contributed by atoms with Crippen molar-refractivity contribution < 1.29 is 18.3 Å². The predicted molar refractivity (Wildman–Crippen MR) is 78.3 cm³/mol. The van der Waals surface area contributed by atoms with Gasteiger partial charge in [0.2, 0.25) is 5.91 Å². The van der Waals surface area contributed by atoms with Gasteiger partial charge in [-0.2, -0.15) is 0 Å². The van der Waals surface area contributed by atoms with Crippen molar-refractivity contribution in [3.05, 3.63) is 30.1 Å². The second-order valence-corrected chi connectivity index (χ2v) is 7.79.